The van der Waals surface area contributed by atoms with Crippen molar-refractivity contribution < 1.29 is 0 Å². The summed E-state index contributed by atoms with van der Waals surface area (Å²) in [5.74, 6) is 1.06. The summed E-state index contributed by atoms with van der Waals surface area (Å²) in [5, 5.41) is 8.99. The van der Waals surface area contributed by atoms with Crippen LogP contribution in [0, 0.1) is 6.92 Å². The Hall–Kier alpha value is -1.49. The number of benzene rings is 1. The number of hydrogen-bond acceptors (Lipinski definition) is 3. The lowest BCUT2D eigenvalue weighted by molar-refractivity contribution is 0.876. The van der Waals surface area contributed by atoms with E-state index in [1.807, 2.05) is 35.0 Å². The lowest BCUT2D eigenvalue weighted by atomic mass is 10.2. The van der Waals surface area contributed by atoms with Crippen molar-refractivity contribution in [3.8, 4) is 16.3 Å². The lowest BCUT2D eigenvalue weighted by Crippen LogP contribution is -2.05. The number of anilines is 1. The highest BCUT2D eigenvalue weighted by molar-refractivity contribution is 7.19. The third kappa shape index (κ3) is 2.22. The van der Waals surface area contributed by atoms with Gasteiger partial charge in [-0.2, -0.15) is 5.10 Å². The Morgan fingerprint density at radius 2 is 2.09 bits per heavy atom. The average molecular weight is 350 g/mol. The Morgan fingerprint density at radius 3 is 2.86 bits per heavy atom. The first kappa shape index (κ1) is 14.1. The Labute approximate surface area is 142 Å². The molecule has 0 spiro atoms. The minimum absolute atomic E-state index is 0.712. The van der Waals surface area contributed by atoms with Crippen molar-refractivity contribution in [3.63, 3.8) is 0 Å². The van der Waals surface area contributed by atoms with Crippen molar-refractivity contribution in [1.29, 1.82) is 0 Å². The van der Waals surface area contributed by atoms with Crippen LogP contribution in [0.25, 0.3) is 16.3 Å². The van der Waals surface area contributed by atoms with Gasteiger partial charge in [-0.05, 0) is 43.2 Å². The zero-order valence-corrected chi connectivity index (χ0v) is 14.2. The summed E-state index contributed by atoms with van der Waals surface area (Å²) in [4.78, 5) is 1.10. The number of halogens is 2. The highest BCUT2D eigenvalue weighted by atomic mass is 35.5. The second kappa shape index (κ2) is 5.30. The molecule has 0 saturated heterocycles. The van der Waals surface area contributed by atoms with Crippen molar-refractivity contribution in [2.75, 3.05) is 11.9 Å². The monoisotopic (exact) mass is 349 g/mol. The first-order valence-electron chi connectivity index (χ1n) is 7.01. The maximum atomic E-state index is 6.17. The predicted octanol–water partition coefficient (Wildman–Crippen LogP) is 5.18. The van der Waals surface area contributed by atoms with E-state index >= 15 is 0 Å². The van der Waals surface area contributed by atoms with Crippen molar-refractivity contribution in [3.05, 3.63) is 50.8 Å². The van der Waals surface area contributed by atoms with Gasteiger partial charge in [0.25, 0.3) is 0 Å². The van der Waals surface area contributed by atoms with E-state index in [1.54, 1.807) is 11.3 Å². The molecule has 0 radical (unpaired) electrons. The van der Waals surface area contributed by atoms with Gasteiger partial charge in [-0.15, -0.1) is 11.3 Å². The second-order valence-electron chi connectivity index (χ2n) is 5.30. The van der Waals surface area contributed by atoms with Gasteiger partial charge < -0.3 is 5.32 Å². The van der Waals surface area contributed by atoms with Crippen LogP contribution >= 0.6 is 34.5 Å². The highest BCUT2D eigenvalue weighted by Gasteiger charge is 2.25. The van der Waals surface area contributed by atoms with Crippen LogP contribution in [-0.2, 0) is 6.42 Å². The van der Waals surface area contributed by atoms with E-state index in [-0.39, 0.29) is 0 Å². The first-order valence-corrected chi connectivity index (χ1v) is 8.59. The van der Waals surface area contributed by atoms with Gasteiger partial charge in [0, 0.05) is 17.1 Å². The minimum atomic E-state index is 0.712. The molecular formula is C16H13Cl2N3S. The quantitative estimate of drug-likeness (QED) is 0.690. The Kier molecular flexibility index (Phi) is 3.40. The molecule has 1 N–H and O–H groups in total. The van der Waals surface area contributed by atoms with Crippen LogP contribution in [0.5, 0.6) is 0 Å². The van der Waals surface area contributed by atoms with Crippen LogP contribution in [0.3, 0.4) is 0 Å². The third-order valence-corrected chi connectivity index (χ3v) is 5.33. The number of rotatable bonds is 2. The third-order valence-electron chi connectivity index (χ3n) is 3.86. The molecule has 112 valence electrons. The number of nitrogens with zero attached hydrogens (tertiary/aromatic N) is 2. The van der Waals surface area contributed by atoms with Gasteiger partial charge in [0.15, 0.2) is 0 Å². The molecule has 0 unspecified atom stereocenters. The van der Waals surface area contributed by atoms with E-state index in [9.17, 15) is 0 Å². The van der Waals surface area contributed by atoms with E-state index in [0.29, 0.717) is 5.02 Å². The van der Waals surface area contributed by atoms with E-state index in [1.165, 1.54) is 5.56 Å². The molecule has 1 aliphatic rings. The lowest BCUT2D eigenvalue weighted by Gasteiger charge is -2.09. The van der Waals surface area contributed by atoms with Gasteiger partial charge in [0.1, 0.15) is 11.5 Å². The fourth-order valence-electron chi connectivity index (χ4n) is 2.80. The van der Waals surface area contributed by atoms with Gasteiger partial charge >= 0.3 is 0 Å². The van der Waals surface area contributed by atoms with Gasteiger partial charge in [0.05, 0.1) is 14.9 Å². The van der Waals surface area contributed by atoms with Crippen LogP contribution in [0.4, 0.5) is 5.82 Å². The zero-order valence-electron chi connectivity index (χ0n) is 11.9. The summed E-state index contributed by atoms with van der Waals surface area (Å²) < 4.78 is 2.75. The van der Waals surface area contributed by atoms with Crippen LogP contribution in [0.2, 0.25) is 9.36 Å². The summed E-state index contributed by atoms with van der Waals surface area (Å²) >= 11 is 13.8. The first-order chi connectivity index (χ1) is 10.6. The van der Waals surface area contributed by atoms with Crippen molar-refractivity contribution in [2.24, 2.45) is 0 Å². The molecule has 3 aromatic rings. The topological polar surface area (TPSA) is 29.9 Å². The fraction of sp³-hybridized carbons (Fsp3) is 0.188. The molecule has 0 aliphatic carbocycles. The number of fused-ring (bicyclic) bond motifs is 1. The molecule has 4 rings (SSSR count). The molecule has 0 fully saturated rings. The number of thiophene rings is 1. The number of aryl methyl sites for hydroxylation is 1. The molecule has 0 atom stereocenters. The minimum Gasteiger partial charge on any atom is -0.369 e. The van der Waals surface area contributed by atoms with Crippen LogP contribution < -0.4 is 5.32 Å². The van der Waals surface area contributed by atoms with Crippen molar-refractivity contribution in [1.82, 2.24) is 9.78 Å². The predicted molar refractivity (Wildman–Crippen MR) is 93.8 cm³/mol. The summed E-state index contributed by atoms with van der Waals surface area (Å²) in [5.41, 5.74) is 4.40. The van der Waals surface area contributed by atoms with Crippen molar-refractivity contribution in [2.45, 2.75) is 13.3 Å². The Balaban J connectivity index is 1.93. The van der Waals surface area contributed by atoms with Gasteiger partial charge in [-0.25, -0.2) is 4.68 Å². The summed E-state index contributed by atoms with van der Waals surface area (Å²) in [6, 6.07) is 9.82. The van der Waals surface area contributed by atoms with Crippen molar-refractivity contribution >= 4 is 40.4 Å². The van der Waals surface area contributed by atoms with Gasteiger partial charge in [-0.1, -0.05) is 29.3 Å². The SMILES string of the molecule is Cc1ccc(Cl)cc1-n1nc(-c2ccc(Cl)s2)c2c1NCC2. The molecule has 0 saturated carbocycles. The number of hydrogen-bond donors (Lipinski definition) is 1. The molecule has 2 aromatic heterocycles. The fourth-order valence-corrected chi connectivity index (χ4v) is 4.02. The Morgan fingerprint density at radius 1 is 1.23 bits per heavy atom. The van der Waals surface area contributed by atoms with Crippen LogP contribution in [-0.4, -0.2) is 16.3 Å². The molecule has 3 heterocycles. The van der Waals surface area contributed by atoms with E-state index in [2.05, 4.69) is 12.2 Å². The van der Waals surface area contributed by atoms with Gasteiger partial charge in [-0.3, -0.25) is 0 Å². The summed E-state index contributed by atoms with van der Waals surface area (Å²) in [7, 11) is 0. The largest absolute Gasteiger partial charge is 0.369 e. The maximum absolute atomic E-state index is 6.17. The highest BCUT2D eigenvalue weighted by Crippen LogP contribution is 2.39. The smallest absolute Gasteiger partial charge is 0.133 e. The average Bonchev–Trinajstić information content (AvgIpc) is 3.17. The molecular weight excluding hydrogens is 337 g/mol. The van der Waals surface area contributed by atoms with Crippen LogP contribution in [0.1, 0.15) is 11.1 Å². The maximum Gasteiger partial charge on any atom is 0.133 e. The molecule has 22 heavy (non-hydrogen) atoms. The normalized spacial score (nSPS) is 13.2. The summed E-state index contributed by atoms with van der Waals surface area (Å²) in [6.45, 7) is 3.00. The van der Waals surface area contributed by atoms with E-state index in [4.69, 9.17) is 28.3 Å². The van der Waals surface area contributed by atoms with Crippen LogP contribution in [0.15, 0.2) is 30.3 Å². The molecule has 6 heteroatoms. The van der Waals surface area contributed by atoms with Gasteiger partial charge in [0.2, 0.25) is 0 Å². The molecule has 3 nitrogen and oxygen atoms in total. The second-order valence-corrected chi connectivity index (χ2v) is 7.45. The zero-order chi connectivity index (χ0) is 15.3. The van der Waals surface area contributed by atoms with E-state index in [0.717, 1.165) is 44.9 Å². The molecule has 0 bridgehead atoms. The standard InChI is InChI=1S/C16H13Cl2N3S/c1-9-2-3-10(17)8-12(9)21-16-11(6-7-19-16)15(20-21)13-4-5-14(18)22-13/h2-5,8,19H,6-7H2,1H3. The number of aromatic nitrogens is 2. The molecule has 0 amide bonds. The molecule has 1 aliphatic heterocycles. The summed E-state index contributed by atoms with van der Waals surface area (Å²) in [6.07, 6.45) is 0.972. The Bertz CT molecular complexity index is 866. The van der Waals surface area contributed by atoms with E-state index < -0.39 is 0 Å². The number of nitrogens with one attached hydrogen (secondary N) is 1. The molecule has 1 aromatic carbocycles.